The number of halogens is 7. The van der Waals surface area contributed by atoms with Gasteiger partial charge in [0.2, 0.25) is 0 Å². The fraction of sp³-hybridized carbons (Fsp3) is 0.167. The molecular formula is C18H9F7N4O. The van der Waals surface area contributed by atoms with Gasteiger partial charge in [0.25, 0.3) is 0 Å². The first-order valence-corrected chi connectivity index (χ1v) is 8.01. The average molecular weight is 430 g/mol. The molecule has 0 fully saturated rings. The predicted octanol–water partition coefficient (Wildman–Crippen LogP) is 4.89. The van der Waals surface area contributed by atoms with Gasteiger partial charge in [-0.05, 0) is 36.4 Å². The van der Waals surface area contributed by atoms with Crippen LogP contribution in [0.1, 0.15) is 22.4 Å². The maximum atomic E-state index is 13.3. The highest BCUT2D eigenvalue weighted by atomic mass is 19.4. The van der Waals surface area contributed by atoms with Crippen molar-refractivity contribution in [2.45, 2.75) is 19.0 Å². The quantitative estimate of drug-likeness (QED) is 0.553. The molecule has 0 bridgehead atoms. The first-order valence-electron chi connectivity index (χ1n) is 8.01. The summed E-state index contributed by atoms with van der Waals surface area (Å²) in [6, 6.07) is 6.45. The van der Waals surface area contributed by atoms with Gasteiger partial charge in [-0.1, -0.05) is 5.21 Å². The van der Waals surface area contributed by atoms with E-state index in [1.165, 1.54) is 18.3 Å². The summed E-state index contributed by atoms with van der Waals surface area (Å²) in [4.78, 5) is 0. The normalized spacial score (nSPS) is 11.9. The summed E-state index contributed by atoms with van der Waals surface area (Å²) in [6.45, 7) is -0.370. The third kappa shape index (κ3) is 4.51. The molecule has 0 amide bonds. The van der Waals surface area contributed by atoms with Crippen molar-refractivity contribution in [2.75, 3.05) is 0 Å². The lowest BCUT2D eigenvalue weighted by Crippen LogP contribution is -2.09. The molecule has 0 spiro atoms. The number of nitriles is 1. The Labute approximate surface area is 163 Å². The topological polar surface area (TPSA) is 63.7 Å². The van der Waals surface area contributed by atoms with Crippen molar-refractivity contribution in [1.82, 2.24) is 15.0 Å². The molecule has 156 valence electrons. The second-order valence-corrected chi connectivity index (χ2v) is 5.92. The molecule has 0 unspecified atom stereocenters. The monoisotopic (exact) mass is 430 g/mol. The van der Waals surface area contributed by atoms with Crippen molar-refractivity contribution in [3.8, 4) is 17.5 Å². The standard InChI is InChI=1S/C18H9F7N4O/c19-16-4-3-13(6-15(16)18(23,24)25)30-9-11-8-29(28-27-11)12-2-1-10(7-26)14(5-12)17(20,21)22/h1-6,8H,9H2. The lowest BCUT2D eigenvalue weighted by atomic mass is 10.1. The smallest absolute Gasteiger partial charge is 0.419 e. The summed E-state index contributed by atoms with van der Waals surface area (Å²) in [5, 5.41) is 16.1. The fourth-order valence-electron chi connectivity index (χ4n) is 2.47. The van der Waals surface area contributed by atoms with Crippen LogP contribution in [0.2, 0.25) is 0 Å². The van der Waals surface area contributed by atoms with Gasteiger partial charge < -0.3 is 4.74 Å². The number of hydrogen-bond donors (Lipinski definition) is 0. The second-order valence-electron chi connectivity index (χ2n) is 5.92. The first-order chi connectivity index (χ1) is 14.0. The SMILES string of the molecule is N#Cc1ccc(-n2cc(COc3ccc(F)c(C(F)(F)F)c3)nn2)cc1C(F)(F)F. The zero-order valence-corrected chi connectivity index (χ0v) is 14.6. The molecule has 5 nitrogen and oxygen atoms in total. The highest BCUT2D eigenvalue weighted by molar-refractivity contribution is 5.47. The summed E-state index contributed by atoms with van der Waals surface area (Å²) in [6.07, 6.45) is -8.46. The maximum Gasteiger partial charge on any atom is 0.419 e. The molecule has 0 atom stereocenters. The van der Waals surface area contributed by atoms with Gasteiger partial charge in [0.15, 0.2) is 0 Å². The van der Waals surface area contributed by atoms with Crippen molar-refractivity contribution in [3.63, 3.8) is 0 Å². The van der Waals surface area contributed by atoms with Gasteiger partial charge >= 0.3 is 12.4 Å². The van der Waals surface area contributed by atoms with E-state index in [0.29, 0.717) is 18.2 Å². The van der Waals surface area contributed by atoms with E-state index in [0.717, 1.165) is 16.8 Å². The lowest BCUT2D eigenvalue weighted by molar-refractivity contribution is -0.140. The van der Waals surface area contributed by atoms with E-state index in [2.05, 4.69) is 10.3 Å². The fourth-order valence-corrected chi connectivity index (χ4v) is 2.47. The van der Waals surface area contributed by atoms with Crippen LogP contribution in [0.25, 0.3) is 5.69 Å². The number of alkyl halides is 6. The lowest BCUT2D eigenvalue weighted by Gasteiger charge is -2.10. The molecule has 1 heterocycles. The molecular weight excluding hydrogens is 421 g/mol. The number of nitrogens with zero attached hydrogens (tertiary/aromatic N) is 4. The highest BCUT2D eigenvalue weighted by Crippen LogP contribution is 2.34. The molecule has 0 saturated heterocycles. The van der Waals surface area contributed by atoms with Gasteiger partial charge in [0.05, 0.1) is 34.6 Å². The average Bonchev–Trinajstić information content (AvgIpc) is 3.14. The van der Waals surface area contributed by atoms with Crippen LogP contribution in [0.4, 0.5) is 30.7 Å². The van der Waals surface area contributed by atoms with Gasteiger partial charge in [-0.3, -0.25) is 0 Å². The van der Waals surface area contributed by atoms with Crippen LogP contribution >= 0.6 is 0 Å². The van der Waals surface area contributed by atoms with E-state index in [9.17, 15) is 30.7 Å². The Hall–Kier alpha value is -3.62. The molecule has 0 radical (unpaired) electrons. The van der Waals surface area contributed by atoms with Crippen molar-refractivity contribution < 1.29 is 35.5 Å². The van der Waals surface area contributed by atoms with Gasteiger partial charge in [-0.2, -0.15) is 31.6 Å². The summed E-state index contributed by atoms with van der Waals surface area (Å²) in [7, 11) is 0. The van der Waals surface area contributed by atoms with E-state index >= 15 is 0 Å². The van der Waals surface area contributed by atoms with E-state index < -0.39 is 34.9 Å². The zero-order chi connectivity index (χ0) is 22.1. The van der Waals surface area contributed by atoms with E-state index in [-0.39, 0.29) is 23.7 Å². The number of hydrogen-bond acceptors (Lipinski definition) is 4. The van der Waals surface area contributed by atoms with E-state index in [1.54, 1.807) is 0 Å². The molecule has 30 heavy (non-hydrogen) atoms. The second kappa shape index (κ2) is 7.66. The molecule has 1 aromatic heterocycles. The summed E-state index contributed by atoms with van der Waals surface area (Å²) < 4.78 is 96.8. The van der Waals surface area contributed by atoms with Crippen molar-refractivity contribution >= 4 is 0 Å². The Balaban J connectivity index is 1.79. The van der Waals surface area contributed by atoms with Crippen LogP contribution in [-0.4, -0.2) is 15.0 Å². The van der Waals surface area contributed by atoms with Crippen molar-refractivity contribution in [2.24, 2.45) is 0 Å². The Bertz CT molecular complexity index is 1110. The van der Waals surface area contributed by atoms with Gasteiger partial charge in [-0.25, -0.2) is 9.07 Å². The molecule has 0 aliphatic heterocycles. The number of rotatable bonds is 4. The summed E-state index contributed by atoms with van der Waals surface area (Å²) in [5.41, 5.74) is -3.17. The molecule has 2 aromatic carbocycles. The van der Waals surface area contributed by atoms with Crippen LogP contribution in [0.5, 0.6) is 5.75 Å². The number of benzene rings is 2. The van der Waals surface area contributed by atoms with Crippen LogP contribution in [0, 0.1) is 17.1 Å². The number of ether oxygens (including phenoxy) is 1. The predicted molar refractivity (Wildman–Crippen MR) is 86.8 cm³/mol. The molecule has 0 saturated carbocycles. The summed E-state index contributed by atoms with van der Waals surface area (Å²) in [5.74, 6) is -1.74. The largest absolute Gasteiger partial charge is 0.487 e. The van der Waals surface area contributed by atoms with Crippen LogP contribution in [0.3, 0.4) is 0 Å². The highest BCUT2D eigenvalue weighted by Gasteiger charge is 2.35. The van der Waals surface area contributed by atoms with E-state index in [4.69, 9.17) is 10.00 Å². The van der Waals surface area contributed by atoms with E-state index in [1.807, 2.05) is 0 Å². The van der Waals surface area contributed by atoms with Crippen molar-refractivity contribution in [3.05, 3.63) is 70.8 Å². The Morgan fingerprint density at radius 1 is 0.967 bits per heavy atom. The third-order valence-corrected chi connectivity index (χ3v) is 3.86. The van der Waals surface area contributed by atoms with Crippen LogP contribution in [0.15, 0.2) is 42.6 Å². The molecule has 0 aliphatic carbocycles. The molecule has 3 aromatic rings. The summed E-state index contributed by atoms with van der Waals surface area (Å²) >= 11 is 0. The number of aromatic nitrogens is 3. The third-order valence-electron chi connectivity index (χ3n) is 3.86. The maximum absolute atomic E-state index is 13.3. The van der Waals surface area contributed by atoms with Crippen LogP contribution in [-0.2, 0) is 19.0 Å². The minimum Gasteiger partial charge on any atom is -0.487 e. The minimum absolute atomic E-state index is 0.0405. The zero-order valence-electron chi connectivity index (χ0n) is 14.6. The molecule has 0 N–H and O–H groups in total. The minimum atomic E-state index is -4.90. The van der Waals surface area contributed by atoms with Gasteiger partial charge in [-0.15, -0.1) is 5.10 Å². The Kier molecular flexibility index (Phi) is 5.39. The molecule has 12 heteroatoms. The van der Waals surface area contributed by atoms with Gasteiger partial charge in [0.1, 0.15) is 23.9 Å². The first kappa shape index (κ1) is 21.1. The Morgan fingerprint density at radius 3 is 2.30 bits per heavy atom. The van der Waals surface area contributed by atoms with Gasteiger partial charge in [0, 0.05) is 0 Å². The molecule has 0 aliphatic rings. The van der Waals surface area contributed by atoms with Crippen LogP contribution < -0.4 is 4.74 Å². The molecule has 3 rings (SSSR count). The Morgan fingerprint density at radius 2 is 1.67 bits per heavy atom. The van der Waals surface area contributed by atoms with Crippen molar-refractivity contribution in [1.29, 1.82) is 5.26 Å².